The zero-order chi connectivity index (χ0) is 23.3. The third-order valence-corrected chi connectivity index (χ3v) is 4.73. The summed E-state index contributed by atoms with van der Waals surface area (Å²) in [5, 5.41) is 6.62. The van der Waals surface area contributed by atoms with Crippen molar-refractivity contribution >= 4 is 5.96 Å². The van der Waals surface area contributed by atoms with Crippen LogP contribution in [0.4, 0.5) is 0 Å². The number of aromatic nitrogens is 1. The van der Waals surface area contributed by atoms with E-state index in [4.69, 9.17) is 19.2 Å². The van der Waals surface area contributed by atoms with Crippen LogP contribution in [0.5, 0.6) is 17.2 Å². The van der Waals surface area contributed by atoms with Crippen molar-refractivity contribution in [1.82, 2.24) is 15.6 Å². The number of nitrogens with one attached hydrogen (secondary N) is 2. The van der Waals surface area contributed by atoms with Gasteiger partial charge in [-0.15, -0.1) is 0 Å². The van der Waals surface area contributed by atoms with E-state index >= 15 is 0 Å². The van der Waals surface area contributed by atoms with Gasteiger partial charge in [0.05, 0.1) is 25.9 Å². The number of hydrogen-bond acceptors (Lipinski definition) is 5. The molecule has 7 nitrogen and oxygen atoms in total. The highest BCUT2D eigenvalue weighted by Crippen LogP contribution is 2.26. The maximum absolute atomic E-state index is 6.01. The molecular weight excluding hydrogens is 416 g/mol. The molecule has 174 valence electrons. The predicted octanol–water partition coefficient (Wildman–Crippen LogP) is 4.19. The summed E-state index contributed by atoms with van der Waals surface area (Å²) in [5.74, 6) is 2.96. The average molecular weight is 449 g/mol. The van der Waals surface area contributed by atoms with Crippen LogP contribution in [0.3, 0.4) is 0 Å². The van der Waals surface area contributed by atoms with Crippen LogP contribution in [-0.4, -0.2) is 37.2 Å². The van der Waals surface area contributed by atoms with Crippen LogP contribution in [0.1, 0.15) is 25.1 Å². The quantitative estimate of drug-likeness (QED) is 0.338. The summed E-state index contributed by atoms with van der Waals surface area (Å²) in [4.78, 5) is 8.99. The fraction of sp³-hybridized carbons (Fsp3) is 0.308. The monoisotopic (exact) mass is 448 g/mol. The lowest BCUT2D eigenvalue weighted by atomic mass is 10.2. The number of benzene rings is 2. The van der Waals surface area contributed by atoms with Crippen LogP contribution >= 0.6 is 0 Å². The highest BCUT2D eigenvalue weighted by molar-refractivity contribution is 5.79. The number of pyridine rings is 1. The van der Waals surface area contributed by atoms with Crippen LogP contribution in [0.25, 0.3) is 0 Å². The van der Waals surface area contributed by atoms with Gasteiger partial charge in [-0.2, -0.15) is 0 Å². The second-order valence-electron chi connectivity index (χ2n) is 7.41. The third-order valence-electron chi connectivity index (χ3n) is 4.73. The Kier molecular flexibility index (Phi) is 9.39. The first-order valence-electron chi connectivity index (χ1n) is 11.1. The minimum absolute atomic E-state index is 0.0755. The molecule has 7 heteroatoms. The Bertz CT molecular complexity index is 1010. The largest absolute Gasteiger partial charge is 0.493 e. The number of nitrogens with zero attached hydrogens (tertiary/aromatic N) is 2. The Morgan fingerprint density at radius 1 is 1.00 bits per heavy atom. The first-order valence-corrected chi connectivity index (χ1v) is 11.1. The molecule has 0 bridgehead atoms. The zero-order valence-electron chi connectivity index (χ0n) is 19.5. The second-order valence-corrected chi connectivity index (χ2v) is 7.41. The van der Waals surface area contributed by atoms with Crippen molar-refractivity contribution in [3.05, 3.63) is 84.2 Å². The van der Waals surface area contributed by atoms with Gasteiger partial charge in [-0.3, -0.25) is 4.98 Å². The van der Waals surface area contributed by atoms with Gasteiger partial charge in [-0.25, -0.2) is 4.99 Å². The van der Waals surface area contributed by atoms with Gasteiger partial charge in [0.1, 0.15) is 18.5 Å². The van der Waals surface area contributed by atoms with E-state index in [0.29, 0.717) is 19.7 Å². The summed E-state index contributed by atoms with van der Waals surface area (Å²) in [6.45, 7) is 6.36. The summed E-state index contributed by atoms with van der Waals surface area (Å²) in [6, 6.07) is 21.4. The van der Waals surface area contributed by atoms with Crippen molar-refractivity contribution in [2.75, 3.05) is 20.2 Å². The Hall–Kier alpha value is -3.74. The van der Waals surface area contributed by atoms with Gasteiger partial charge in [0.2, 0.25) is 0 Å². The molecule has 0 fully saturated rings. The van der Waals surface area contributed by atoms with Gasteiger partial charge in [0.15, 0.2) is 17.5 Å². The fourth-order valence-electron chi connectivity index (χ4n) is 3.10. The molecule has 33 heavy (non-hydrogen) atoms. The highest BCUT2D eigenvalue weighted by Gasteiger charge is 2.09. The Morgan fingerprint density at radius 3 is 2.58 bits per heavy atom. The lowest BCUT2D eigenvalue weighted by Crippen LogP contribution is -2.41. The number of para-hydroxylation sites is 2. The maximum Gasteiger partial charge on any atom is 0.191 e. The van der Waals surface area contributed by atoms with Crippen molar-refractivity contribution in [3.8, 4) is 17.2 Å². The number of rotatable bonds is 11. The normalized spacial score (nSPS) is 12.0. The molecule has 1 unspecified atom stereocenters. The Labute approximate surface area is 195 Å². The van der Waals surface area contributed by atoms with Gasteiger partial charge in [-0.1, -0.05) is 30.3 Å². The van der Waals surface area contributed by atoms with Crippen LogP contribution in [-0.2, 0) is 13.2 Å². The van der Waals surface area contributed by atoms with Crippen molar-refractivity contribution in [1.29, 1.82) is 0 Å². The minimum atomic E-state index is -0.0755. The van der Waals surface area contributed by atoms with Gasteiger partial charge in [0, 0.05) is 12.7 Å². The number of methoxy groups -OCH3 is 1. The summed E-state index contributed by atoms with van der Waals surface area (Å²) in [5.41, 5.74) is 1.95. The van der Waals surface area contributed by atoms with E-state index in [1.807, 2.05) is 80.6 Å². The van der Waals surface area contributed by atoms with Crippen molar-refractivity contribution in [2.45, 2.75) is 33.1 Å². The summed E-state index contributed by atoms with van der Waals surface area (Å²) >= 11 is 0. The molecule has 3 rings (SSSR count). The molecule has 2 N–H and O–H groups in total. The summed E-state index contributed by atoms with van der Waals surface area (Å²) < 4.78 is 17.2. The smallest absolute Gasteiger partial charge is 0.191 e. The molecule has 1 atom stereocenters. The van der Waals surface area contributed by atoms with Gasteiger partial charge < -0.3 is 24.8 Å². The summed E-state index contributed by atoms with van der Waals surface area (Å²) in [6.07, 6.45) is 1.69. The van der Waals surface area contributed by atoms with E-state index < -0.39 is 0 Å². The SMILES string of the molecule is CCNC(=NCc1cccc(OCc2ccccn2)c1)NCC(C)Oc1ccccc1OC. The van der Waals surface area contributed by atoms with Crippen molar-refractivity contribution in [2.24, 2.45) is 4.99 Å². The lowest BCUT2D eigenvalue weighted by Gasteiger charge is -2.19. The first kappa shape index (κ1) is 23.9. The van der Waals surface area contributed by atoms with Crippen LogP contribution < -0.4 is 24.8 Å². The molecule has 0 saturated heterocycles. The standard InChI is InChI=1S/C26H32N4O3/c1-4-27-26(29-17-20(2)33-25-14-6-5-13-24(25)31-3)30-18-21-10-9-12-23(16-21)32-19-22-11-7-8-15-28-22/h5-16,20H,4,17-19H2,1-3H3,(H2,27,29,30). The van der Waals surface area contributed by atoms with Gasteiger partial charge >= 0.3 is 0 Å². The maximum atomic E-state index is 6.01. The van der Waals surface area contributed by atoms with E-state index in [1.165, 1.54) is 0 Å². The summed E-state index contributed by atoms with van der Waals surface area (Å²) in [7, 11) is 1.64. The van der Waals surface area contributed by atoms with Crippen LogP contribution in [0.15, 0.2) is 77.9 Å². The topological polar surface area (TPSA) is 77.0 Å². The predicted molar refractivity (Wildman–Crippen MR) is 131 cm³/mol. The van der Waals surface area contributed by atoms with E-state index in [-0.39, 0.29) is 6.10 Å². The average Bonchev–Trinajstić information content (AvgIpc) is 2.85. The van der Waals surface area contributed by atoms with E-state index in [2.05, 4.69) is 15.6 Å². The number of guanidine groups is 1. The molecule has 1 heterocycles. The molecule has 0 radical (unpaired) electrons. The second kappa shape index (κ2) is 13.0. The molecule has 2 aromatic carbocycles. The van der Waals surface area contributed by atoms with Crippen molar-refractivity contribution in [3.63, 3.8) is 0 Å². The molecule has 0 aliphatic carbocycles. The number of aliphatic imine (C=N–C) groups is 1. The fourth-order valence-corrected chi connectivity index (χ4v) is 3.10. The van der Waals surface area contributed by atoms with Gasteiger partial charge in [-0.05, 0) is 55.8 Å². The van der Waals surface area contributed by atoms with Crippen LogP contribution in [0, 0.1) is 0 Å². The molecule has 0 aliphatic rings. The molecular formula is C26H32N4O3. The lowest BCUT2D eigenvalue weighted by molar-refractivity contribution is 0.213. The van der Waals surface area contributed by atoms with E-state index in [1.54, 1.807) is 13.3 Å². The van der Waals surface area contributed by atoms with Gasteiger partial charge in [0.25, 0.3) is 0 Å². The molecule has 3 aromatic rings. The molecule has 0 amide bonds. The van der Waals surface area contributed by atoms with E-state index in [9.17, 15) is 0 Å². The Balaban J connectivity index is 1.53. The Morgan fingerprint density at radius 2 is 1.82 bits per heavy atom. The molecule has 0 saturated carbocycles. The van der Waals surface area contributed by atoms with Crippen LogP contribution in [0.2, 0.25) is 0 Å². The molecule has 0 spiro atoms. The highest BCUT2D eigenvalue weighted by atomic mass is 16.5. The zero-order valence-corrected chi connectivity index (χ0v) is 19.5. The van der Waals surface area contributed by atoms with Crippen molar-refractivity contribution < 1.29 is 14.2 Å². The third kappa shape index (κ3) is 8.03. The number of ether oxygens (including phenoxy) is 3. The minimum Gasteiger partial charge on any atom is -0.493 e. The molecule has 0 aliphatic heterocycles. The first-order chi connectivity index (χ1) is 16.2. The number of hydrogen-bond donors (Lipinski definition) is 2. The molecule has 1 aromatic heterocycles. The van der Waals surface area contributed by atoms with E-state index in [0.717, 1.165) is 41.0 Å².